The van der Waals surface area contributed by atoms with Gasteiger partial charge in [0.2, 0.25) is 0 Å². The molecule has 88 valence electrons. The molecule has 0 amide bonds. The summed E-state index contributed by atoms with van der Waals surface area (Å²) < 4.78 is 0. The van der Waals surface area contributed by atoms with E-state index in [4.69, 9.17) is 15.2 Å². The topological polar surface area (TPSA) is 89.4 Å². The average Bonchev–Trinajstić information content (AvgIpc) is 2.16. The van der Waals surface area contributed by atoms with Crippen LogP contribution in [0, 0.1) is 10.1 Å². The predicted molar refractivity (Wildman–Crippen MR) is 72.7 cm³/mol. The van der Waals surface area contributed by atoms with Crippen molar-refractivity contribution in [2.75, 3.05) is 32.0 Å². The number of alkyl halides is 2. The largest absolute Gasteiger partial charge is 0.400 e. The van der Waals surface area contributed by atoms with Gasteiger partial charge >= 0.3 is 0 Å². The second-order valence-corrected chi connectivity index (χ2v) is 0.440. The second kappa shape index (κ2) is 134. The minimum absolute atomic E-state index is 0. The van der Waals surface area contributed by atoms with Gasteiger partial charge in [-0.2, -0.15) is 0 Å². The summed E-state index contributed by atoms with van der Waals surface area (Å²) in [6.45, 7) is 0. The summed E-state index contributed by atoms with van der Waals surface area (Å²) in [6, 6.07) is 0. The molecule has 0 aliphatic carbocycles. The molecule has 0 aromatic rings. The fourth-order valence-corrected chi connectivity index (χ4v) is 0. The zero-order valence-electron chi connectivity index (χ0n) is 8.04. The second-order valence-electron chi connectivity index (χ2n) is 0.440. The number of aliphatic hydroxyl groups excluding tert-OH is 1. The lowest BCUT2D eigenvalue weighted by atomic mass is 11.5. The third kappa shape index (κ3) is 4950. The molecule has 0 rings (SSSR count). The van der Waals surface area contributed by atoms with E-state index in [-0.39, 0.29) is 7.43 Å². The lowest BCUT2D eigenvalue weighted by Gasteiger charge is -1.63. The molecule has 0 saturated heterocycles. The molecule has 0 saturated carbocycles. The highest BCUT2D eigenvalue weighted by Gasteiger charge is 1.57. The summed E-state index contributed by atoms with van der Waals surface area (Å²) in [5.74, 6) is 1.81. The van der Waals surface area contributed by atoms with Crippen molar-refractivity contribution in [3.63, 3.8) is 0 Å². The quantitative estimate of drug-likeness (QED) is 0.292. The molecule has 0 aliphatic heterocycles. The van der Waals surface area contributed by atoms with E-state index in [1.54, 1.807) is 0 Å². The van der Waals surface area contributed by atoms with Gasteiger partial charge in [-0.05, 0) is 17.8 Å². The number of hydrogen-bond donors (Lipinski definition) is 2. The van der Waals surface area contributed by atoms with Crippen LogP contribution in [0.15, 0.2) is 0 Å². The molecule has 0 spiro atoms. The molecule has 0 aromatic heterocycles. The Labute approximate surface area is 104 Å². The van der Waals surface area contributed by atoms with E-state index >= 15 is 0 Å². The Morgan fingerprint density at radius 2 is 1.31 bits per heavy atom. The first-order valence-electron chi connectivity index (χ1n) is 2.59. The maximum atomic E-state index is 8.81. The Kier molecular flexibility index (Phi) is 385. The zero-order valence-corrected chi connectivity index (χ0v) is 11.8. The third-order valence-electron chi connectivity index (χ3n) is 0. The first kappa shape index (κ1) is 37.5. The molecule has 0 fully saturated rings. The SMILES string of the molecule is C.CBr.CI.CN.CO.C[N+](=O)[O-]. The minimum Gasteiger partial charge on any atom is -0.400 e. The van der Waals surface area contributed by atoms with Crippen LogP contribution in [-0.2, 0) is 0 Å². The van der Waals surface area contributed by atoms with Crippen molar-refractivity contribution >= 4 is 38.5 Å². The number of nitrogens with two attached hydrogens (primary N) is 1. The smallest absolute Gasteiger partial charge is 0.194 e. The van der Waals surface area contributed by atoms with E-state index in [0.29, 0.717) is 0 Å². The molecule has 0 aromatic carbocycles. The maximum Gasteiger partial charge on any atom is 0.194 e. The number of halogens is 2. The van der Waals surface area contributed by atoms with E-state index in [1.807, 2.05) is 10.8 Å². The van der Waals surface area contributed by atoms with Crippen LogP contribution in [0.25, 0.3) is 0 Å². The molecule has 5 nitrogen and oxygen atoms in total. The average molecular weight is 377 g/mol. The van der Waals surface area contributed by atoms with Gasteiger partial charge in [0.25, 0.3) is 0 Å². The lowest BCUT2D eigenvalue weighted by Crippen LogP contribution is -1.79. The normalized spacial score (nSPS) is 3.77. The predicted octanol–water partition coefficient (Wildman–Crippen LogP) is 1.77. The van der Waals surface area contributed by atoms with Gasteiger partial charge in [0.15, 0.2) is 7.05 Å². The molecular weight excluding hydrogens is 355 g/mol. The molecule has 13 heavy (non-hydrogen) atoms. The van der Waals surface area contributed by atoms with Crippen LogP contribution >= 0.6 is 38.5 Å². The fraction of sp³-hybridized carbons (Fsp3) is 1.00. The van der Waals surface area contributed by atoms with Gasteiger partial charge < -0.3 is 10.8 Å². The van der Waals surface area contributed by atoms with Crippen LogP contribution < -0.4 is 5.73 Å². The molecule has 0 bridgehead atoms. The van der Waals surface area contributed by atoms with Crippen LogP contribution in [0.5, 0.6) is 0 Å². The van der Waals surface area contributed by atoms with E-state index in [1.165, 1.54) is 7.05 Å². The van der Waals surface area contributed by atoms with Gasteiger partial charge in [-0.1, -0.05) is 45.9 Å². The molecule has 0 unspecified atom stereocenters. The van der Waals surface area contributed by atoms with E-state index in [0.717, 1.165) is 14.2 Å². The van der Waals surface area contributed by atoms with Crippen molar-refractivity contribution in [2.45, 2.75) is 7.43 Å². The number of rotatable bonds is 0. The third-order valence-corrected chi connectivity index (χ3v) is 0. The highest BCUT2D eigenvalue weighted by atomic mass is 127. The first-order valence-corrected chi connectivity index (χ1v) is 6.34. The van der Waals surface area contributed by atoms with Crippen molar-refractivity contribution in [2.24, 2.45) is 5.73 Å². The molecule has 0 heterocycles. The summed E-state index contributed by atoms with van der Waals surface area (Å²) in [6.07, 6.45) is 0. The van der Waals surface area contributed by atoms with E-state index < -0.39 is 4.92 Å². The Morgan fingerprint density at radius 3 is 1.31 bits per heavy atom. The van der Waals surface area contributed by atoms with Gasteiger partial charge in [-0.3, -0.25) is 10.1 Å². The minimum atomic E-state index is -0.500. The van der Waals surface area contributed by atoms with Crippen molar-refractivity contribution < 1.29 is 10.0 Å². The highest BCUT2D eigenvalue weighted by molar-refractivity contribution is 14.1. The van der Waals surface area contributed by atoms with Crippen LogP contribution in [0.3, 0.4) is 0 Å². The van der Waals surface area contributed by atoms with Gasteiger partial charge in [0.05, 0.1) is 0 Å². The van der Waals surface area contributed by atoms with Crippen LogP contribution in [0.2, 0.25) is 0 Å². The summed E-state index contributed by atoms with van der Waals surface area (Å²) in [4.78, 5) is 10.3. The fourth-order valence-electron chi connectivity index (χ4n) is 0. The van der Waals surface area contributed by atoms with Gasteiger partial charge in [0, 0.05) is 12.0 Å². The Balaban J connectivity index is -0.0000000122. The van der Waals surface area contributed by atoms with Gasteiger partial charge in [0.1, 0.15) is 0 Å². The van der Waals surface area contributed by atoms with Crippen LogP contribution in [-0.4, -0.2) is 42.0 Å². The van der Waals surface area contributed by atoms with E-state index in [9.17, 15) is 0 Å². The molecule has 0 atom stereocenters. The molecule has 0 aliphatic rings. The Hall–Kier alpha value is 0.530. The lowest BCUT2D eigenvalue weighted by molar-refractivity contribution is -0.445. The van der Waals surface area contributed by atoms with Crippen LogP contribution in [0.4, 0.5) is 0 Å². The van der Waals surface area contributed by atoms with Gasteiger partial charge in [-0.15, -0.1) is 0 Å². The number of nitrogens with zero attached hydrogens (tertiary/aromatic N) is 1. The summed E-state index contributed by atoms with van der Waals surface area (Å²) in [7, 11) is 3.39. The Bertz CT molecular complexity index is 48.9. The number of hydrogen-bond acceptors (Lipinski definition) is 4. The molecular formula is C6H22BrIN2O3. The van der Waals surface area contributed by atoms with E-state index in [2.05, 4.69) is 44.3 Å². The number of aliphatic hydroxyl groups is 1. The summed E-state index contributed by atoms with van der Waals surface area (Å²) in [5.41, 5.74) is 4.50. The van der Waals surface area contributed by atoms with Crippen molar-refractivity contribution in [1.29, 1.82) is 0 Å². The van der Waals surface area contributed by atoms with Crippen LogP contribution in [0.1, 0.15) is 7.43 Å². The highest BCUT2D eigenvalue weighted by Crippen LogP contribution is 1.48. The van der Waals surface area contributed by atoms with Crippen molar-refractivity contribution in [3.05, 3.63) is 10.1 Å². The van der Waals surface area contributed by atoms with Crippen molar-refractivity contribution in [3.8, 4) is 0 Å². The number of nitro groups is 1. The van der Waals surface area contributed by atoms with Crippen molar-refractivity contribution in [1.82, 2.24) is 0 Å². The monoisotopic (exact) mass is 376 g/mol. The summed E-state index contributed by atoms with van der Waals surface area (Å²) in [5, 5.41) is 15.8. The first-order chi connectivity index (χ1) is 5.73. The molecule has 0 radical (unpaired) electrons. The molecule has 3 N–H and O–H groups in total. The zero-order chi connectivity index (χ0) is 11.6. The molecule has 7 heteroatoms. The standard InChI is InChI=1S/CH3Br.CH3I.CH3NO2.CH5N.CH4O.CH4/c2*1-2;1-2(3)4;2*1-2;/h2*1H3;1H3;2H2,1H3;2H,1H3;1H4. The van der Waals surface area contributed by atoms with Gasteiger partial charge in [-0.25, -0.2) is 0 Å². The maximum absolute atomic E-state index is 8.81. The Morgan fingerprint density at radius 1 is 1.31 bits per heavy atom. The summed E-state index contributed by atoms with van der Waals surface area (Å²) >= 11 is 5.09.